The molecular formula is C32H37N3O5S. The van der Waals surface area contributed by atoms with Gasteiger partial charge in [0.2, 0.25) is 0 Å². The van der Waals surface area contributed by atoms with Gasteiger partial charge in [0.15, 0.2) is 0 Å². The van der Waals surface area contributed by atoms with E-state index >= 15 is 0 Å². The Kier molecular flexibility index (Phi) is 8.81. The van der Waals surface area contributed by atoms with Gasteiger partial charge >= 0.3 is 12.1 Å². The number of carboxylic acid groups (broad SMARTS) is 1. The number of hydrogen-bond donors (Lipinski definition) is 1. The Balaban J connectivity index is 1.28. The van der Waals surface area contributed by atoms with Crippen molar-refractivity contribution in [1.82, 2.24) is 14.8 Å². The molecule has 5 rings (SSSR count). The van der Waals surface area contributed by atoms with Crippen LogP contribution in [0, 0.1) is 12.3 Å². The maximum absolute atomic E-state index is 12.8. The number of hydrogen-bond acceptors (Lipinski definition) is 7. The molecule has 1 aliphatic carbocycles. The van der Waals surface area contributed by atoms with Gasteiger partial charge in [0, 0.05) is 54.5 Å². The van der Waals surface area contributed by atoms with E-state index in [4.69, 9.17) is 26.0 Å². The second-order valence-electron chi connectivity index (χ2n) is 11.1. The molecule has 1 spiro atoms. The lowest BCUT2D eigenvalue weighted by atomic mass is 9.90. The van der Waals surface area contributed by atoms with Gasteiger partial charge in [0.25, 0.3) is 0 Å². The number of likely N-dealkylation sites (tertiary alicyclic amines) is 1. The highest BCUT2D eigenvalue weighted by Crippen LogP contribution is 2.41. The largest absolute Gasteiger partial charge is 0.497 e. The van der Waals surface area contributed by atoms with Crippen molar-refractivity contribution in [3.63, 3.8) is 0 Å². The fourth-order valence-corrected chi connectivity index (χ4v) is 7.23. The molecule has 1 N–H and O–H groups in total. The Hall–Kier alpha value is -3.61. The van der Waals surface area contributed by atoms with Crippen LogP contribution in [0.5, 0.6) is 5.75 Å². The van der Waals surface area contributed by atoms with E-state index in [-0.39, 0.29) is 5.57 Å². The number of carbonyl (C=O) groups is 2. The van der Waals surface area contributed by atoms with E-state index in [1.165, 1.54) is 48.1 Å². The highest BCUT2D eigenvalue weighted by Gasteiger charge is 2.47. The summed E-state index contributed by atoms with van der Waals surface area (Å²) in [6.07, 6.45) is 15.5. The summed E-state index contributed by atoms with van der Waals surface area (Å²) in [5, 5.41) is 10.4. The topological polar surface area (TPSA) is 92.2 Å². The quantitative estimate of drug-likeness (QED) is 0.228. The standard InChI is InChI=1S/C32H37N3O5S/c1-4-23(30(36)37)11-10-22(2)35-21-32(40-31(35)38)16-18-34(19-17-32)20-27-28(24-12-14-26(39-3)15-13-24)33-29(41-27)25-8-6-5-7-9-25/h1,10-15,25H,5-9,16-21H2,2-3H3,(H,36,37). The number of aromatic nitrogens is 1. The van der Waals surface area contributed by atoms with Crippen molar-refractivity contribution in [3.05, 3.63) is 57.6 Å². The third-order valence-electron chi connectivity index (χ3n) is 8.44. The number of benzene rings is 1. The molecule has 41 heavy (non-hydrogen) atoms. The molecule has 3 fully saturated rings. The van der Waals surface area contributed by atoms with E-state index < -0.39 is 17.7 Å². The maximum atomic E-state index is 12.8. The van der Waals surface area contributed by atoms with Gasteiger partial charge in [-0.05, 0) is 56.2 Å². The molecule has 1 aromatic carbocycles. The summed E-state index contributed by atoms with van der Waals surface area (Å²) in [6.45, 7) is 4.63. The number of nitrogens with zero attached hydrogens (tertiary/aromatic N) is 3. The number of carboxylic acids is 1. The molecule has 3 aliphatic rings. The number of ether oxygens (including phenoxy) is 2. The summed E-state index contributed by atoms with van der Waals surface area (Å²) < 4.78 is 11.3. The summed E-state index contributed by atoms with van der Waals surface area (Å²) in [5.41, 5.74) is 2.07. The Morgan fingerprint density at radius 2 is 1.93 bits per heavy atom. The van der Waals surface area contributed by atoms with Crippen LogP contribution < -0.4 is 4.74 Å². The van der Waals surface area contributed by atoms with Crippen LogP contribution in [0.1, 0.15) is 67.7 Å². The van der Waals surface area contributed by atoms with Crippen molar-refractivity contribution in [2.45, 2.75) is 69.9 Å². The third-order valence-corrected chi connectivity index (χ3v) is 9.64. The van der Waals surface area contributed by atoms with Crippen LogP contribution in [0.3, 0.4) is 0 Å². The van der Waals surface area contributed by atoms with Crippen molar-refractivity contribution in [1.29, 1.82) is 0 Å². The van der Waals surface area contributed by atoms with Crippen LogP contribution in [0.2, 0.25) is 0 Å². The molecule has 0 atom stereocenters. The lowest BCUT2D eigenvalue weighted by Gasteiger charge is -2.37. The van der Waals surface area contributed by atoms with Gasteiger partial charge in [-0.3, -0.25) is 9.80 Å². The third kappa shape index (κ3) is 6.50. The summed E-state index contributed by atoms with van der Waals surface area (Å²) in [5.74, 6) is 2.35. The van der Waals surface area contributed by atoms with Crippen molar-refractivity contribution in [3.8, 4) is 29.4 Å². The number of methoxy groups -OCH3 is 1. The second kappa shape index (κ2) is 12.5. The zero-order chi connectivity index (χ0) is 29.0. The first-order valence-corrected chi connectivity index (χ1v) is 15.1. The maximum Gasteiger partial charge on any atom is 0.414 e. The number of terminal acetylenes is 1. The van der Waals surface area contributed by atoms with Crippen molar-refractivity contribution >= 4 is 23.4 Å². The van der Waals surface area contributed by atoms with Gasteiger partial charge in [-0.25, -0.2) is 14.6 Å². The monoisotopic (exact) mass is 575 g/mol. The number of thiazole rings is 1. The Morgan fingerprint density at radius 3 is 2.56 bits per heavy atom. The first-order valence-electron chi connectivity index (χ1n) is 14.3. The van der Waals surface area contributed by atoms with E-state index in [0.29, 0.717) is 18.2 Å². The Labute approximate surface area is 245 Å². The van der Waals surface area contributed by atoms with Crippen LogP contribution >= 0.6 is 11.3 Å². The van der Waals surface area contributed by atoms with Crippen molar-refractivity contribution in [2.24, 2.45) is 0 Å². The van der Waals surface area contributed by atoms with Gasteiger partial charge < -0.3 is 14.6 Å². The molecule has 0 unspecified atom stereocenters. The van der Waals surface area contributed by atoms with Gasteiger partial charge in [0.1, 0.15) is 16.9 Å². The molecule has 1 saturated carbocycles. The summed E-state index contributed by atoms with van der Waals surface area (Å²) in [7, 11) is 1.68. The van der Waals surface area contributed by atoms with Crippen LogP contribution in [-0.2, 0) is 16.1 Å². The SMILES string of the molecule is C#CC(=CC=C(C)N1CC2(CCN(Cc3sc(C4CCCCC4)nc3-c3ccc(OC)cc3)CC2)OC1=O)C(=O)O. The minimum atomic E-state index is -1.17. The van der Waals surface area contributed by atoms with E-state index in [0.717, 1.165) is 49.5 Å². The molecule has 216 valence electrons. The molecule has 0 bridgehead atoms. The molecular weight excluding hydrogens is 538 g/mol. The Bertz CT molecular complexity index is 1370. The van der Waals surface area contributed by atoms with E-state index in [1.807, 2.05) is 23.5 Å². The van der Waals surface area contributed by atoms with E-state index in [1.54, 1.807) is 25.0 Å². The number of rotatable bonds is 8. The molecule has 0 radical (unpaired) electrons. The van der Waals surface area contributed by atoms with Crippen molar-refractivity contribution in [2.75, 3.05) is 26.7 Å². The summed E-state index contributed by atoms with van der Waals surface area (Å²) in [6, 6.07) is 8.16. The lowest BCUT2D eigenvalue weighted by molar-refractivity contribution is -0.132. The van der Waals surface area contributed by atoms with Gasteiger partial charge in [-0.15, -0.1) is 17.8 Å². The second-order valence-corrected chi connectivity index (χ2v) is 12.3. The summed E-state index contributed by atoms with van der Waals surface area (Å²) in [4.78, 5) is 34.4. The molecule has 3 heterocycles. The van der Waals surface area contributed by atoms with Crippen molar-refractivity contribution < 1.29 is 24.2 Å². The average molecular weight is 576 g/mol. The molecule has 8 nitrogen and oxygen atoms in total. The van der Waals surface area contributed by atoms with Crippen LogP contribution in [0.4, 0.5) is 4.79 Å². The van der Waals surface area contributed by atoms with E-state index in [2.05, 4.69) is 23.0 Å². The number of carbonyl (C=O) groups excluding carboxylic acids is 1. The fourth-order valence-electron chi connectivity index (χ4n) is 5.93. The predicted octanol–water partition coefficient (Wildman–Crippen LogP) is 6.20. The molecule has 2 aromatic rings. The smallest absolute Gasteiger partial charge is 0.414 e. The van der Waals surface area contributed by atoms with E-state index in [9.17, 15) is 9.59 Å². The lowest BCUT2D eigenvalue weighted by Crippen LogP contribution is -2.46. The average Bonchev–Trinajstić information content (AvgIpc) is 3.55. The van der Waals surface area contributed by atoms with Gasteiger partial charge in [-0.2, -0.15) is 0 Å². The molecule has 2 saturated heterocycles. The summed E-state index contributed by atoms with van der Waals surface area (Å²) >= 11 is 1.86. The first kappa shape index (κ1) is 28.9. The van der Waals surface area contributed by atoms with Crippen LogP contribution in [0.25, 0.3) is 11.3 Å². The Morgan fingerprint density at radius 1 is 1.22 bits per heavy atom. The van der Waals surface area contributed by atoms with Crippen LogP contribution in [-0.4, -0.2) is 64.3 Å². The molecule has 2 aliphatic heterocycles. The normalized spacial score (nSPS) is 20.2. The number of amides is 1. The first-order chi connectivity index (χ1) is 19.8. The highest BCUT2D eigenvalue weighted by atomic mass is 32.1. The molecule has 9 heteroatoms. The number of allylic oxidation sites excluding steroid dienone is 3. The zero-order valence-electron chi connectivity index (χ0n) is 23.7. The fraction of sp³-hybridized carbons (Fsp3) is 0.469. The van der Waals surface area contributed by atoms with Gasteiger partial charge in [0.05, 0.1) is 24.4 Å². The minimum Gasteiger partial charge on any atom is -0.497 e. The van der Waals surface area contributed by atoms with Crippen LogP contribution in [0.15, 0.2) is 47.7 Å². The van der Waals surface area contributed by atoms with Gasteiger partial charge in [-0.1, -0.05) is 25.2 Å². The number of aliphatic carboxylic acids is 1. The zero-order valence-corrected chi connectivity index (χ0v) is 24.5. The molecule has 1 aromatic heterocycles. The molecule has 1 amide bonds. The number of piperidine rings is 1. The predicted molar refractivity (Wildman–Crippen MR) is 159 cm³/mol. The highest BCUT2D eigenvalue weighted by molar-refractivity contribution is 7.12. The minimum absolute atomic E-state index is 0.163.